The van der Waals surface area contributed by atoms with E-state index in [4.69, 9.17) is 21.1 Å². The van der Waals surface area contributed by atoms with Gasteiger partial charge in [-0.1, -0.05) is 35.9 Å². The summed E-state index contributed by atoms with van der Waals surface area (Å²) in [6.45, 7) is 0.135. The normalized spacial score (nSPS) is 18.1. The summed E-state index contributed by atoms with van der Waals surface area (Å²) < 4.78 is 10.6. The number of hydrogen-bond acceptors (Lipinski definition) is 3. The molecular formula is C17H14ClNO3. The zero-order valence-electron chi connectivity index (χ0n) is 11.8. The molecule has 0 saturated carbocycles. The van der Waals surface area contributed by atoms with E-state index in [2.05, 4.69) is 17.4 Å². The lowest BCUT2D eigenvalue weighted by Crippen LogP contribution is -2.27. The van der Waals surface area contributed by atoms with Crippen molar-refractivity contribution in [2.75, 3.05) is 6.79 Å². The van der Waals surface area contributed by atoms with E-state index in [9.17, 15) is 4.79 Å². The van der Waals surface area contributed by atoms with Crippen molar-refractivity contribution in [3.05, 3.63) is 58.1 Å². The third kappa shape index (κ3) is 2.20. The Hall–Kier alpha value is -2.20. The first-order valence-corrected chi connectivity index (χ1v) is 7.58. The van der Waals surface area contributed by atoms with E-state index < -0.39 is 0 Å². The van der Waals surface area contributed by atoms with Crippen LogP contribution in [-0.4, -0.2) is 12.7 Å². The lowest BCUT2D eigenvalue weighted by Gasteiger charge is -2.14. The second-order valence-corrected chi connectivity index (χ2v) is 5.86. The van der Waals surface area contributed by atoms with Gasteiger partial charge in [0, 0.05) is 5.56 Å². The van der Waals surface area contributed by atoms with Crippen molar-refractivity contribution in [3.8, 4) is 11.5 Å². The number of hydrogen-bond donors (Lipinski definition) is 1. The van der Waals surface area contributed by atoms with Gasteiger partial charge >= 0.3 is 0 Å². The number of ether oxygens (including phenoxy) is 2. The predicted molar refractivity (Wildman–Crippen MR) is 82.5 cm³/mol. The fourth-order valence-corrected chi connectivity index (χ4v) is 3.31. The monoisotopic (exact) mass is 315 g/mol. The van der Waals surface area contributed by atoms with Crippen LogP contribution in [0.15, 0.2) is 36.4 Å². The van der Waals surface area contributed by atoms with E-state index in [1.54, 1.807) is 12.1 Å². The van der Waals surface area contributed by atoms with Crippen molar-refractivity contribution >= 4 is 17.5 Å². The number of halogens is 1. The van der Waals surface area contributed by atoms with Gasteiger partial charge in [-0.05, 0) is 36.1 Å². The van der Waals surface area contributed by atoms with Crippen LogP contribution in [-0.2, 0) is 6.42 Å². The van der Waals surface area contributed by atoms with Crippen molar-refractivity contribution in [3.63, 3.8) is 0 Å². The molecule has 5 heteroatoms. The molecule has 2 aromatic carbocycles. The Labute approximate surface area is 133 Å². The van der Waals surface area contributed by atoms with Crippen LogP contribution in [0, 0.1) is 0 Å². The van der Waals surface area contributed by atoms with E-state index in [-0.39, 0.29) is 18.7 Å². The van der Waals surface area contributed by atoms with E-state index in [1.807, 2.05) is 12.1 Å². The molecule has 1 aliphatic heterocycles. The second kappa shape index (κ2) is 5.21. The van der Waals surface area contributed by atoms with Crippen LogP contribution in [0.25, 0.3) is 0 Å². The number of aryl methyl sites for hydroxylation is 1. The van der Waals surface area contributed by atoms with E-state index in [1.165, 1.54) is 11.1 Å². The Morgan fingerprint density at radius 2 is 2.09 bits per heavy atom. The predicted octanol–water partition coefficient (Wildman–Crippen LogP) is 3.49. The van der Waals surface area contributed by atoms with Gasteiger partial charge < -0.3 is 14.8 Å². The molecule has 2 aliphatic rings. The van der Waals surface area contributed by atoms with Crippen molar-refractivity contribution < 1.29 is 14.3 Å². The SMILES string of the molecule is O=C(N[C@@H]1CCc2ccccc21)c1cc(Cl)c2c(c1)OCO2. The molecule has 1 heterocycles. The summed E-state index contributed by atoms with van der Waals surface area (Å²) in [4.78, 5) is 12.5. The first-order chi connectivity index (χ1) is 10.7. The summed E-state index contributed by atoms with van der Waals surface area (Å²) in [7, 11) is 0. The number of carbonyl (C=O) groups is 1. The fourth-order valence-electron chi connectivity index (χ4n) is 3.05. The number of amides is 1. The van der Waals surface area contributed by atoms with Crippen LogP contribution in [0.4, 0.5) is 0 Å². The Kier molecular flexibility index (Phi) is 3.19. The molecule has 2 aromatic rings. The maximum atomic E-state index is 12.5. The summed E-state index contributed by atoms with van der Waals surface area (Å²) in [6, 6.07) is 11.5. The zero-order valence-corrected chi connectivity index (χ0v) is 12.5. The summed E-state index contributed by atoms with van der Waals surface area (Å²) in [5.41, 5.74) is 2.98. The molecule has 0 spiro atoms. The minimum absolute atomic E-state index is 0.0490. The average Bonchev–Trinajstić information content (AvgIpc) is 3.15. The van der Waals surface area contributed by atoms with Gasteiger partial charge in [-0.3, -0.25) is 4.79 Å². The van der Waals surface area contributed by atoms with Crippen LogP contribution in [0.1, 0.15) is 33.9 Å². The van der Waals surface area contributed by atoms with Crippen LogP contribution < -0.4 is 14.8 Å². The molecule has 0 bridgehead atoms. The van der Waals surface area contributed by atoms with Crippen molar-refractivity contribution in [2.45, 2.75) is 18.9 Å². The fraction of sp³-hybridized carbons (Fsp3) is 0.235. The Morgan fingerprint density at radius 1 is 1.23 bits per heavy atom. The molecular weight excluding hydrogens is 302 g/mol. The van der Waals surface area contributed by atoms with Gasteiger partial charge in [-0.2, -0.15) is 0 Å². The molecule has 1 atom stereocenters. The van der Waals surface area contributed by atoms with Crippen molar-refractivity contribution in [1.82, 2.24) is 5.32 Å². The molecule has 0 aromatic heterocycles. The van der Waals surface area contributed by atoms with Crippen molar-refractivity contribution in [2.24, 2.45) is 0 Å². The molecule has 0 fully saturated rings. The van der Waals surface area contributed by atoms with Crippen LogP contribution in [0.5, 0.6) is 11.5 Å². The topological polar surface area (TPSA) is 47.6 Å². The van der Waals surface area contributed by atoms with Gasteiger partial charge in [0.2, 0.25) is 6.79 Å². The lowest BCUT2D eigenvalue weighted by atomic mass is 10.1. The highest BCUT2D eigenvalue weighted by Crippen LogP contribution is 2.40. The molecule has 1 amide bonds. The maximum Gasteiger partial charge on any atom is 0.251 e. The molecule has 0 radical (unpaired) electrons. The minimum Gasteiger partial charge on any atom is -0.454 e. The lowest BCUT2D eigenvalue weighted by molar-refractivity contribution is 0.0936. The van der Waals surface area contributed by atoms with Crippen LogP contribution in [0.3, 0.4) is 0 Å². The maximum absolute atomic E-state index is 12.5. The Bertz CT molecular complexity index is 760. The highest BCUT2D eigenvalue weighted by atomic mass is 35.5. The molecule has 1 aliphatic carbocycles. The van der Waals surface area contributed by atoms with Gasteiger partial charge in [0.25, 0.3) is 5.91 Å². The first-order valence-electron chi connectivity index (χ1n) is 7.20. The van der Waals surface area contributed by atoms with Crippen LogP contribution >= 0.6 is 11.6 Å². The average molecular weight is 316 g/mol. The van der Waals surface area contributed by atoms with Gasteiger partial charge in [0.15, 0.2) is 11.5 Å². The first kappa shape index (κ1) is 13.5. The number of carbonyl (C=O) groups excluding carboxylic acids is 1. The van der Waals surface area contributed by atoms with Crippen molar-refractivity contribution in [1.29, 1.82) is 0 Å². The molecule has 0 unspecified atom stereocenters. The number of benzene rings is 2. The number of nitrogens with one attached hydrogen (secondary N) is 1. The quantitative estimate of drug-likeness (QED) is 0.923. The minimum atomic E-state index is -0.151. The van der Waals surface area contributed by atoms with E-state index >= 15 is 0 Å². The second-order valence-electron chi connectivity index (χ2n) is 5.46. The third-order valence-corrected chi connectivity index (χ3v) is 4.41. The van der Waals surface area contributed by atoms with E-state index in [0.29, 0.717) is 22.1 Å². The molecule has 4 rings (SSSR count). The van der Waals surface area contributed by atoms with Gasteiger partial charge in [0.05, 0.1) is 11.1 Å². The largest absolute Gasteiger partial charge is 0.454 e. The summed E-state index contributed by atoms with van der Waals surface area (Å²) in [5.74, 6) is 0.871. The zero-order chi connectivity index (χ0) is 15.1. The molecule has 1 N–H and O–H groups in total. The summed E-state index contributed by atoms with van der Waals surface area (Å²) in [6.07, 6.45) is 1.91. The molecule has 4 nitrogen and oxygen atoms in total. The van der Waals surface area contributed by atoms with E-state index in [0.717, 1.165) is 12.8 Å². The highest BCUT2D eigenvalue weighted by molar-refractivity contribution is 6.32. The number of fused-ring (bicyclic) bond motifs is 2. The number of rotatable bonds is 2. The summed E-state index contributed by atoms with van der Waals surface area (Å²) in [5, 5.41) is 3.47. The smallest absolute Gasteiger partial charge is 0.251 e. The van der Waals surface area contributed by atoms with Gasteiger partial charge in [-0.15, -0.1) is 0 Å². The Balaban J connectivity index is 1.58. The third-order valence-electron chi connectivity index (χ3n) is 4.13. The van der Waals surface area contributed by atoms with Crippen LogP contribution in [0.2, 0.25) is 5.02 Å². The molecule has 22 heavy (non-hydrogen) atoms. The summed E-state index contributed by atoms with van der Waals surface area (Å²) >= 11 is 6.13. The highest BCUT2D eigenvalue weighted by Gasteiger charge is 2.25. The standard InChI is InChI=1S/C17H14ClNO3/c18-13-7-11(8-15-16(13)22-9-21-15)17(20)19-14-6-5-10-3-1-2-4-12(10)14/h1-4,7-8,14H,5-6,9H2,(H,19,20)/t14-/m1/s1. The van der Waals surface area contributed by atoms with Gasteiger partial charge in [0.1, 0.15) is 0 Å². The Morgan fingerprint density at radius 3 is 3.00 bits per heavy atom. The van der Waals surface area contributed by atoms with Gasteiger partial charge in [-0.25, -0.2) is 0 Å². The molecule has 112 valence electrons. The molecule has 0 saturated heterocycles.